The highest BCUT2D eigenvalue weighted by Gasteiger charge is 2.36. The summed E-state index contributed by atoms with van der Waals surface area (Å²) in [5.41, 5.74) is 6.20. The van der Waals surface area contributed by atoms with Crippen LogP contribution in [0.3, 0.4) is 0 Å². The lowest BCUT2D eigenvalue weighted by atomic mass is 9.74. The van der Waals surface area contributed by atoms with Crippen LogP contribution >= 0.6 is 31.9 Å². The molecule has 4 nitrogen and oxygen atoms in total. The van der Waals surface area contributed by atoms with Gasteiger partial charge in [0.25, 0.3) is 0 Å². The van der Waals surface area contributed by atoms with Crippen LogP contribution in [-0.2, 0) is 10.0 Å². The Morgan fingerprint density at radius 3 is 2.33 bits per heavy atom. The molecule has 1 aromatic carbocycles. The fourth-order valence-corrected chi connectivity index (χ4v) is 6.86. The van der Waals surface area contributed by atoms with Crippen molar-refractivity contribution in [3.8, 4) is 0 Å². The second-order valence-electron chi connectivity index (χ2n) is 6.22. The van der Waals surface area contributed by atoms with E-state index in [0.29, 0.717) is 14.6 Å². The zero-order valence-corrected chi connectivity index (χ0v) is 16.1. The average Bonchev–Trinajstić information content (AvgIpc) is 2.29. The van der Waals surface area contributed by atoms with Crippen molar-refractivity contribution < 1.29 is 8.42 Å². The van der Waals surface area contributed by atoms with Gasteiger partial charge in [-0.1, -0.05) is 26.7 Å². The van der Waals surface area contributed by atoms with Gasteiger partial charge in [0.2, 0.25) is 10.0 Å². The number of nitrogens with two attached hydrogens (primary N) is 1. The average molecular weight is 440 g/mol. The van der Waals surface area contributed by atoms with E-state index in [-0.39, 0.29) is 16.4 Å². The first-order valence-corrected chi connectivity index (χ1v) is 9.97. The Labute approximate surface area is 143 Å². The van der Waals surface area contributed by atoms with Crippen LogP contribution in [0.25, 0.3) is 0 Å². The van der Waals surface area contributed by atoms with Gasteiger partial charge >= 0.3 is 0 Å². The third-order valence-electron chi connectivity index (χ3n) is 4.09. The van der Waals surface area contributed by atoms with E-state index in [1.807, 2.05) is 0 Å². The maximum absolute atomic E-state index is 12.7. The van der Waals surface area contributed by atoms with Crippen LogP contribution < -0.4 is 10.5 Å². The lowest BCUT2D eigenvalue weighted by Gasteiger charge is -2.38. The smallest absolute Gasteiger partial charge is 0.243 e. The number of rotatable bonds is 3. The summed E-state index contributed by atoms with van der Waals surface area (Å²) in [7, 11) is -3.61. The third-order valence-corrected chi connectivity index (χ3v) is 7.44. The summed E-state index contributed by atoms with van der Waals surface area (Å²) in [6.45, 7) is 4.23. The van der Waals surface area contributed by atoms with Gasteiger partial charge in [0.05, 0.1) is 0 Å². The molecule has 1 unspecified atom stereocenters. The van der Waals surface area contributed by atoms with Gasteiger partial charge in [0.15, 0.2) is 0 Å². The molecule has 0 saturated heterocycles. The summed E-state index contributed by atoms with van der Waals surface area (Å²) in [5.74, 6) is 0. The summed E-state index contributed by atoms with van der Waals surface area (Å²) >= 11 is 6.60. The van der Waals surface area contributed by atoms with Crippen molar-refractivity contribution >= 4 is 47.6 Å². The van der Waals surface area contributed by atoms with Crippen molar-refractivity contribution in [1.82, 2.24) is 4.72 Å². The normalized spacial score (nSPS) is 22.2. The summed E-state index contributed by atoms with van der Waals surface area (Å²) in [4.78, 5) is 0.207. The molecule has 118 valence electrons. The van der Waals surface area contributed by atoms with Crippen molar-refractivity contribution in [2.24, 2.45) is 5.41 Å². The second kappa shape index (κ2) is 6.18. The predicted octanol–water partition coefficient (Wildman–Crippen LogP) is 4.04. The Balaban J connectivity index is 2.35. The minimum atomic E-state index is -3.61. The number of benzene rings is 1. The first-order valence-electron chi connectivity index (χ1n) is 6.90. The molecule has 3 N–H and O–H groups in total. The van der Waals surface area contributed by atoms with Gasteiger partial charge in [0.1, 0.15) is 4.90 Å². The van der Waals surface area contributed by atoms with Crippen LogP contribution in [0.15, 0.2) is 26.0 Å². The van der Waals surface area contributed by atoms with Crippen molar-refractivity contribution in [2.45, 2.75) is 50.5 Å². The molecule has 2 rings (SSSR count). The lowest BCUT2D eigenvalue weighted by molar-refractivity contribution is 0.188. The summed E-state index contributed by atoms with van der Waals surface area (Å²) in [5, 5.41) is 0. The first-order chi connectivity index (χ1) is 9.63. The molecule has 1 aliphatic rings. The molecule has 0 heterocycles. The molecule has 0 amide bonds. The monoisotopic (exact) mass is 438 g/mol. The number of hydrogen-bond donors (Lipinski definition) is 2. The van der Waals surface area contributed by atoms with E-state index < -0.39 is 10.0 Å². The fourth-order valence-electron chi connectivity index (χ4n) is 2.79. The van der Waals surface area contributed by atoms with Gasteiger partial charge in [-0.05, 0) is 62.2 Å². The minimum absolute atomic E-state index is 0.0297. The van der Waals surface area contributed by atoms with Crippen LogP contribution in [0.5, 0.6) is 0 Å². The number of anilines is 1. The molecule has 1 aromatic rings. The lowest BCUT2D eigenvalue weighted by Crippen LogP contribution is -2.46. The van der Waals surface area contributed by atoms with Gasteiger partial charge in [-0.2, -0.15) is 0 Å². The highest BCUT2D eigenvalue weighted by atomic mass is 79.9. The van der Waals surface area contributed by atoms with E-state index in [0.717, 1.165) is 25.7 Å². The standard InChI is InChI=1S/C14H20Br2N2O2S/c1-14(2)6-4-3-5-12(14)18-21(19,20)13-10(15)7-9(17)8-11(13)16/h7-8,12,18H,3-6,17H2,1-2H3. The zero-order valence-electron chi connectivity index (χ0n) is 12.1. The van der Waals surface area contributed by atoms with E-state index >= 15 is 0 Å². The third kappa shape index (κ3) is 3.81. The number of nitrogen functional groups attached to an aromatic ring is 1. The molecular formula is C14H20Br2N2O2S. The molecule has 21 heavy (non-hydrogen) atoms. The SMILES string of the molecule is CC1(C)CCCCC1NS(=O)(=O)c1c(Br)cc(N)cc1Br. The van der Waals surface area contributed by atoms with E-state index in [4.69, 9.17) is 5.73 Å². The van der Waals surface area contributed by atoms with Crippen LogP contribution in [0.4, 0.5) is 5.69 Å². The maximum Gasteiger partial charge on any atom is 0.243 e. The molecule has 1 atom stereocenters. The Morgan fingerprint density at radius 2 is 1.81 bits per heavy atom. The van der Waals surface area contributed by atoms with Gasteiger partial charge in [-0.3, -0.25) is 0 Å². The molecule has 0 aliphatic heterocycles. The Bertz CT molecular complexity index is 621. The maximum atomic E-state index is 12.7. The molecule has 0 bridgehead atoms. The quantitative estimate of drug-likeness (QED) is 0.698. The Hall–Kier alpha value is -0.110. The zero-order chi connectivity index (χ0) is 15.8. The van der Waals surface area contributed by atoms with Gasteiger partial charge in [-0.15, -0.1) is 0 Å². The summed E-state index contributed by atoms with van der Waals surface area (Å²) in [6.07, 6.45) is 4.11. The van der Waals surface area contributed by atoms with E-state index in [2.05, 4.69) is 50.4 Å². The van der Waals surface area contributed by atoms with Crippen LogP contribution in [0.1, 0.15) is 39.5 Å². The van der Waals surface area contributed by atoms with E-state index in [1.54, 1.807) is 12.1 Å². The Kier molecular flexibility index (Phi) is 5.08. The molecule has 0 spiro atoms. The summed E-state index contributed by atoms with van der Waals surface area (Å²) in [6, 6.07) is 3.16. The number of halogens is 2. The van der Waals surface area contributed by atoms with Gasteiger partial charge < -0.3 is 5.73 Å². The molecular weight excluding hydrogens is 420 g/mol. The predicted molar refractivity (Wildman–Crippen MR) is 92.6 cm³/mol. The van der Waals surface area contributed by atoms with Crippen LogP contribution in [0.2, 0.25) is 0 Å². The number of sulfonamides is 1. The molecule has 0 radical (unpaired) electrons. The molecule has 0 aromatic heterocycles. The Morgan fingerprint density at radius 1 is 1.24 bits per heavy atom. The molecule has 7 heteroatoms. The highest BCUT2D eigenvalue weighted by Crippen LogP contribution is 2.38. The minimum Gasteiger partial charge on any atom is -0.399 e. The van der Waals surface area contributed by atoms with Crippen molar-refractivity contribution in [1.29, 1.82) is 0 Å². The van der Waals surface area contributed by atoms with Crippen LogP contribution in [-0.4, -0.2) is 14.5 Å². The van der Waals surface area contributed by atoms with Gasteiger partial charge in [-0.25, -0.2) is 13.1 Å². The topological polar surface area (TPSA) is 72.2 Å². The van der Waals surface area contributed by atoms with Crippen molar-refractivity contribution in [2.75, 3.05) is 5.73 Å². The van der Waals surface area contributed by atoms with Crippen LogP contribution in [0, 0.1) is 5.41 Å². The summed E-state index contributed by atoms with van der Waals surface area (Å²) < 4.78 is 29.3. The second-order valence-corrected chi connectivity index (χ2v) is 9.58. The molecule has 1 fully saturated rings. The fraction of sp³-hybridized carbons (Fsp3) is 0.571. The first kappa shape index (κ1) is 17.2. The molecule has 1 saturated carbocycles. The number of nitrogens with one attached hydrogen (secondary N) is 1. The largest absolute Gasteiger partial charge is 0.399 e. The van der Waals surface area contributed by atoms with E-state index in [9.17, 15) is 8.42 Å². The van der Waals surface area contributed by atoms with Gasteiger partial charge in [0, 0.05) is 20.7 Å². The van der Waals surface area contributed by atoms with Crippen molar-refractivity contribution in [3.05, 3.63) is 21.1 Å². The molecule has 1 aliphatic carbocycles. The van der Waals surface area contributed by atoms with E-state index in [1.165, 1.54) is 0 Å². The van der Waals surface area contributed by atoms with Crippen molar-refractivity contribution in [3.63, 3.8) is 0 Å². The number of hydrogen-bond acceptors (Lipinski definition) is 3. The highest BCUT2D eigenvalue weighted by molar-refractivity contribution is 9.11.